The standard InChI is InChI=1S/C38H43NO5.C34H40N2O4/c1-9-16-37-21-25-12-14-26(15-13-25)44-31-27-28(36(8)19-22(4)18-23(5)29(31)36)24(6)20-35(7,11-3)30(27)32(40)38(37,43)34(42)39(17-10-2)33(37)41;1-7-33(5)17-20(4)26-25-28(33)29(37)24-23(31(38)36(13-12-35)32(24)39)15-21-8-10-22(11-9-21)40-30(25)27-19(3)14-18(2)16-34(26,27)6/h1-2,11-15,20,22-23,27-31,43H,3,16-19,21H2,4-8H3;7-11,17-19,23-28,30H,1,13-16H2,2-6H3. The summed E-state index contributed by atoms with van der Waals surface area (Å²) in [5.41, 5.74) is -2.62. The Kier molecular flexibility index (Phi) is 14.3. The SMILES string of the molecule is C#CCN1C(=O)C2(CC#C)Cc3ccc(cc3)OC3C4C(C(=O)C2(O)C1=O)C(C)(C=C)C=C(C)C4C1(C)CC(C)CC(C)C31.C=CC1(C)C=C(C)C2C3C(Oc4ccc(cc4)CC4C(=O)N(CC#N)C(=O)C4C(=O)C31)C1C(C)CC(C)CC21C. The Balaban J connectivity index is 0.000000176. The van der Waals surface area contributed by atoms with Gasteiger partial charge < -0.3 is 14.6 Å². The summed E-state index contributed by atoms with van der Waals surface area (Å²) in [7, 11) is 0. The second-order valence-corrected chi connectivity index (χ2v) is 28.8. The van der Waals surface area contributed by atoms with E-state index in [1.165, 1.54) is 5.57 Å². The zero-order valence-corrected chi connectivity index (χ0v) is 50.7. The molecule has 12 heteroatoms. The van der Waals surface area contributed by atoms with Crippen molar-refractivity contribution in [3.8, 4) is 42.3 Å². The van der Waals surface area contributed by atoms with E-state index in [0.717, 1.165) is 52.4 Å². The molecule has 4 saturated carbocycles. The van der Waals surface area contributed by atoms with E-state index < -0.39 is 80.8 Å². The van der Waals surface area contributed by atoms with E-state index in [1.54, 1.807) is 6.08 Å². The lowest BCUT2D eigenvalue weighted by molar-refractivity contribution is -0.170. The number of hydrogen-bond acceptors (Lipinski definition) is 10. The molecule has 4 amide bonds. The van der Waals surface area contributed by atoms with Crippen LogP contribution in [0.4, 0.5) is 0 Å². The number of hydrogen-bond donors (Lipinski definition) is 1. The van der Waals surface area contributed by atoms with Crippen molar-refractivity contribution in [2.45, 2.75) is 132 Å². The van der Waals surface area contributed by atoms with Gasteiger partial charge in [-0.3, -0.25) is 38.6 Å². The van der Waals surface area contributed by atoms with Crippen LogP contribution in [0.3, 0.4) is 0 Å². The van der Waals surface area contributed by atoms with Crippen molar-refractivity contribution in [1.82, 2.24) is 9.80 Å². The Morgan fingerprint density at radius 2 is 1.15 bits per heavy atom. The van der Waals surface area contributed by atoms with Gasteiger partial charge in [0.25, 0.3) is 5.91 Å². The second kappa shape index (κ2) is 20.4. The van der Waals surface area contributed by atoms with E-state index in [2.05, 4.69) is 92.5 Å². The molecule has 12 aliphatic rings. The van der Waals surface area contributed by atoms with Crippen molar-refractivity contribution in [2.24, 2.45) is 110 Å². The zero-order chi connectivity index (χ0) is 60.7. The summed E-state index contributed by atoms with van der Waals surface area (Å²) in [5.74, 6) is 1.00. The molecular weight excluding hydrogens is 1050 g/mol. The first-order valence-corrected chi connectivity index (χ1v) is 30.6. The number of likely N-dealkylation sites (tertiary alicyclic amines) is 2. The predicted molar refractivity (Wildman–Crippen MR) is 318 cm³/mol. The van der Waals surface area contributed by atoms with Crippen LogP contribution >= 0.6 is 0 Å². The van der Waals surface area contributed by atoms with Crippen LogP contribution in [-0.2, 0) is 41.6 Å². The highest BCUT2D eigenvalue weighted by Gasteiger charge is 2.77. The predicted octanol–water partition coefficient (Wildman–Crippen LogP) is 10.4. The Morgan fingerprint density at radius 3 is 1.63 bits per heavy atom. The van der Waals surface area contributed by atoms with E-state index in [0.29, 0.717) is 35.0 Å². The lowest BCUT2D eigenvalue weighted by atomic mass is 9.51. The number of nitrogens with zero attached hydrogens (tertiary/aromatic N) is 3. The minimum atomic E-state index is -2.73. The number of fused-ring (bicyclic) bond motifs is 8. The van der Waals surface area contributed by atoms with Crippen LogP contribution in [0.2, 0.25) is 0 Å². The fourth-order valence-corrected chi connectivity index (χ4v) is 21.2. The maximum Gasteiger partial charge on any atom is 0.271 e. The van der Waals surface area contributed by atoms with Crippen molar-refractivity contribution in [1.29, 1.82) is 5.26 Å². The van der Waals surface area contributed by atoms with Crippen LogP contribution in [0.1, 0.15) is 112 Å². The number of imide groups is 2. The number of ether oxygens (including phenoxy) is 2. The molecule has 22 unspecified atom stereocenters. The van der Waals surface area contributed by atoms with Gasteiger partial charge in [0.15, 0.2) is 11.6 Å². The van der Waals surface area contributed by atoms with Crippen molar-refractivity contribution in [3.63, 3.8) is 0 Å². The number of aliphatic hydroxyl groups is 1. The molecule has 0 radical (unpaired) electrons. The fraction of sp³-hybridized carbons (Fsp3) is 0.569. The number of carbonyl (C=O) groups is 6. The van der Waals surface area contributed by atoms with E-state index in [-0.39, 0.29) is 90.8 Å². The molecule has 2 saturated heterocycles. The molecule has 0 spiro atoms. The first-order chi connectivity index (χ1) is 39.7. The number of carbonyl (C=O) groups excluding carboxylic acids is 6. The molecule has 6 aliphatic carbocycles. The van der Waals surface area contributed by atoms with Gasteiger partial charge in [-0.15, -0.1) is 31.9 Å². The van der Waals surface area contributed by atoms with E-state index in [4.69, 9.17) is 22.3 Å². The Labute approximate surface area is 496 Å². The first kappa shape index (κ1) is 58.9. The molecule has 6 heterocycles. The smallest absolute Gasteiger partial charge is 0.271 e. The summed E-state index contributed by atoms with van der Waals surface area (Å²) in [5, 5.41) is 22.3. The number of nitriles is 1. The normalized spacial score (nSPS) is 44.0. The number of terminal acetylenes is 2. The Bertz CT molecular complexity index is 3360. The maximum absolute atomic E-state index is 15.5. The van der Waals surface area contributed by atoms with Crippen LogP contribution < -0.4 is 9.47 Å². The summed E-state index contributed by atoms with van der Waals surface area (Å²) < 4.78 is 14.0. The maximum atomic E-state index is 15.5. The molecular formula is C72H83N3O9. The molecule has 14 rings (SSSR count). The van der Waals surface area contributed by atoms with Crippen molar-refractivity contribution in [3.05, 3.63) is 108 Å². The van der Waals surface area contributed by atoms with Crippen molar-refractivity contribution < 1.29 is 43.3 Å². The first-order valence-electron chi connectivity index (χ1n) is 30.6. The zero-order valence-electron chi connectivity index (χ0n) is 50.7. The minimum absolute atomic E-state index is 0.0495. The summed E-state index contributed by atoms with van der Waals surface area (Å²) in [4.78, 5) is 88.3. The van der Waals surface area contributed by atoms with Crippen LogP contribution in [0.15, 0.2) is 97.1 Å². The van der Waals surface area contributed by atoms with Crippen molar-refractivity contribution >= 4 is 35.2 Å². The topological polar surface area (TPSA) is 171 Å². The molecule has 1 N–H and O–H groups in total. The van der Waals surface area contributed by atoms with Gasteiger partial charge in [0.05, 0.1) is 18.5 Å². The molecule has 22 atom stereocenters. The van der Waals surface area contributed by atoms with E-state index in [9.17, 15) is 34.3 Å². The Hall–Kier alpha value is -6.81. The summed E-state index contributed by atoms with van der Waals surface area (Å²) in [6.07, 6.45) is 22.8. The number of benzene rings is 2. The molecule has 0 aromatic heterocycles. The number of Topliss-reactive ketones (excluding diaryl/α,β-unsaturated/α-hetero) is 2. The summed E-state index contributed by atoms with van der Waals surface area (Å²) in [6, 6.07) is 17.2. The largest absolute Gasteiger partial charge is 0.490 e. The number of rotatable bonds is 5. The van der Waals surface area contributed by atoms with Gasteiger partial charge in [-0.05, 0) is 134 Å². The summed E-state index contributed by atoms with van der Waals surface area (Å²) >= 11 is 0. The number of ketones is 2. The fourth-order valence-electron chi connectivity index (χ4n) is 21.2. The van der Waals surface area contributed by atoms with Gasteiger partial charge >= 0.3 is 0 Å². The third kappa shape index (κ3) is 8.16. The molecule has 6 aliphatic heterocycles. The third-order valence-electron chi connectivity index (χ3n) is 23.5. The van der Waals surface area contributed by atoms with Gasteiger partial charge in [-0.2, -0.15) is 5.26 Å². The molecule has 2 aromatic carbocycles. The highest BCUT2D eigenvalue weighted by molar-refractivity contribution is 6.24. The molecule has 2 aromatic rings. The average Bonchev–Trinajstić information content (AvgIpc) is 1.59. The highest BCUT2D eigenvalue weighted by Crippen LogP contribution is 2.71. The van der Waals surface area contributed by atoms with Crippen LogP contribution in [0.25, 0.3) is 0 Å². The van der Waals surface area contributed by atoms with Gasteiger partial charge in [-0.25, -0.2) is 0 Å². The lowest BCUT2D eigenvalue weighted by Gasteiger charge is -2.51. The molecule has 12 nitrogen and oxygen atoms in total. The molecule has 6 fully saturated rings. The minimum Gasteiger partial charge on any atom is -0.490 e. The highest BCUT2D eigenvalue weighted by atomic mass is 16.5. The Morgan fingerprint density at radius 1 is 0.667 bits per heavy atom. The molecule has 84 heavy (non-hydrogen) atoms. The lowest BCUT2D eigenvalue weighted by Crippen LogP contribution is -2.63. The monoisotopic (exact) mass is 1130 g/mol. The average molecular weight is 1130 g/mol. The van der Waals surface area contributed by atoms with Crippen LogP contribution in [0, 0.1) is 146 Å². The third-order valence-corrected chi connectivity index (χ3v) is 23.5. The second-order valence-electron chi connectivity index (χ2n) is 28.8. The van der Waals surface area contributed by atoms with Gasteiger partial charge in [0.2, 0.25) is 23.3 Å². The van der Waals surface area contributed by atoms with Gasteiger partial charge in [0.1, 0.15) is 41.6 Å². The van der Waals surface area contributed by atoms with Crippen LogP contribution in [0.5, 0.6) is 11.5 Å². The van der Waals surface area contributed by atoms with Crippen LogP contribution in [-0.4, -0.2) is 81.0 Å². The number of amides is 4. The number of allylic oxidation sites excluding steroid dienone is 6. The molecule has 4 bridgehead atoms. The van der Waals surface area contributed by atoms with Gasteiger partial charge in [0, 0.05) is 52.8 Å². The van der Waals surface area contributed by atoms with Gasteiger partial charge in [-0.1, -0.05) is 121 Å². The summed E-state index contributed by atoms with van der Waals surface area (Å²) in [6.45, 7) is 29.9. The van der Waals surface area contributed by atoms with E-state index >= 15 is 4.79 Å². The quantitative estimate of drug-likeness (QED) is 0.0999. The molecule has 440 valence electrons. The van der Waals surface area contributed by atoms with Crippen molar-refractivity contribution in [2.75, 3.05) is 13.1 Å². The van der Waals surface area contributed by atoms with E-state index in [1.807, 2.05) is 74.5 Å².